The summed E-state index contributed by atoms with van der Waals surface area (Å²) in [5.74, 6) is 0.103. The van der Waals surface area contributed by atoms with E-state index < -0.39 is 0 Å². The van der Waals surface area contributed by atoms with Crippen LogP contribution >= 0.6 is 45.2 Å². The van der Waals surface area contributed by atoms with Gasteiger partial charge in [0.25, 0.3) is 0 Å². The summed E-state index contributed by atoms with van der Waals surface area (Å²) in [6.07, 6.45) is 5.57. The van der Waals surface area contributed by atoms with Gasteiger partial charge in [0.2, 0.25) is 11.3 Å². The zero-order valence-corrected chi connectivity index (χ0v) is 15.5. The molecule has 1 aromatic rings. The average Bonchev–Trinajstić information content (AvgIpc) is 2.36. The summed E-state index contributed by atoms with van der Waals surface area (Å²) >= 11 is 4.02. The zero-order chi connectivity index (χ0) is 14.4. The highest BCUT2D eigenvalue weighted by atomic mass is 127. The summed E-state index contributed by atoms with van der Waals surface area (Å²) in [6.45, 7) is 5.94. The highest BCUT2D eigenvalue weighted by molar-refractivity contribution is 14.1. The topological polar surface area (TPSA) is 42.3 Å². The van der Waals surface area contributed by atoms with Crippen LogP contribution < -0.4 is 5.43 Å². The molecule has 106 valence electrons. The molecule has 0 fully saturated rings. The van der Waals surface area contributed by atoms with Gasteiger partial charge in [-0.15, -0.1) is 0 Å². The lowest BCUT2D eigenvalue weighted by molar-refractivity contribution is -0.131. The number of halogens is 2. The Morgan fingerprint density at radius 3 is 2.32 bits per heavy atom. The molecule has 1 rings (SSSR count). The first-order valence-electron chi connectivity index (χ1n) is 6.32. The van der Waals surface area contributed by atoms with Gasteiger partial charge in [-0.05, 0) is 58.5 Å². The first-order valence-corrected chi connectivity index (χ1v) is 8.48. The van der Waals surface area contributed by atoms with E-state index >= 15 is 0 Å². The summed E-state index contributed by atoms with van der Waals surface area (Å²) < 4.78 is 3.09. The SMILES string of the molecule is CCCCN(CC)C(=O)Cn1cc(I)c(=O)c(I)c1. The third-order valence-corrected chi connectivity index (χ3v) is 4.36. The van der Waals surface area contributed by atoms with E-state index in [1.54, 1.807) is 17.0 Å². The Kier molecular flexibility index (Phi) is 7.33. The molecule has 0 aromatic carbocycles. The first-order chi connectivity index (χ1) is 8.99. The minimum atomic E-state index is 0.0308. The highest BCUT2D eigenvalue weighted by Gasteiger charge is 2.12. The van der Waals surface area contributed by atoms with Crippen molar-refractivity contribution in [3.05, 3.63) is 29.8 Å². The zero-order valence-electron chi connectivity index (χ0n) is 11.2. The molecular formula is C13H18I2N2O2. The van der Waals surface area contributed by atoms with Crippen molar-refractivity contribution in [2.45, 2.75) is 33.2 Å². The molecule has 4 nitrogen and oxygen atoms in total. The van der Waals surface area contributed by atoms with Gasteiger partial charge < -0.3 is 9.47 Å². The molecule has 0 bridgehead atoms. The molecule has 1 amide bonds. The number of nitrogens with zero attached hydrogens (tertiary/aromatic N) is 2. The number of carbonyl (C=O) groups excluding carboxylic acids is 1. The van der Waals surface area contributed by atoms with Crippen LogP contribution in [0.25, 0.3) is 0 Å². The van der Waals surface area contributed by atoms with Crippen molar-refractivity contribution in [1.82, 2.24) is 9.47 Å². The van der Waals surface area contributed by atoms with Crippen LogP contribution in [0.2, 0.25) is 0 Å². The molecule has 0 aliphatic rings. The lowest BCUT2D eigenvalue weighted by atomic mass is 10.3. The van der Waals surface area contributed by atoms with Crippen LogP contribution in [0, 0.1) is 7.14 Å². The predicted octanol–water partition coefficient (Wildman–Crippen LogP) is 2.71. The second-order valence-corrected chi connectivity index (χ2v) is 6.61. The smallest absolute Gasteiger partial charge is 0.242 e. The van der Waals surface area contributed by atoms with Crippen molar-refractivity contribution in [3.8, 4) is 0 Å². The van der Waals surface area contributed by atoms with Gasteiger partial charge in [0, 0.05) is 25.5 Å². The first kappa shape index (κ1) is 16.9. The van der Waals surface area contributed by atoms with Crippen LogP contribution in [0.5, 0.6) is 0 Å². The quantitative estimate of drug-likeness (QED) is 0.579. The number of likely N-dealkylation sites (N-methyl/N-ethyl adjacent to an activating group) is 1. The molecule has 0 saturated heterocycles. The van der Waals surface area contributed by atoms with Gasteiger partial charge >= 0.3 is 0 Å². The Labute approximate surface area is 140 Å². The molecule has 1 heterocycles. The maximum Gasteiger partial charge on any atom is 0.242 e. The van der Waals surface area contributed by atoms with Gasteiger partial charge in [-0.25, -0.2) is 0 Å². The molecule has 0 N–H and O–H groups in total. The number of carbonyl (C=O) groups is 1. The van der Waals surface area contributed by atoms with E-state index in [0.29, 0.717) is 13.7 Å². The van der Waals surface area contributed by atoms with E-state index in [9.17, 15) is 9.59 Å². The van der Waals surface area contributed by atoms with E-state index in [4.69, 9.17) is 0 Å². The third kappa shape index (κ3) is 5.05. The molecular weight excluding hydrogens is 470 g/mol. The molecule has 0 atom stereocenters. The Balaban J connectivity index is 2.78. The van der Waals surface area contributed by atoms with Crippen LogP contribution in [0.15, 0.2) is 17.2 Å². The predicted molar refractivity (Wildman–Crippen MR) is 93.3 cm³/mol. The standard InChI is InChI=1S/C13H18I2N2O2/c1-3-5-6-17(4-2)12(18)9-16-7-10(14)13(19)11(15)8-16/h7-8H,3-6,9H2,1-2H3. The van der Waals surface area contributed by atoms with Gasteiger partial charge in [0.1, 0.15) is 6.54 Å². The number of unbranched alkanes of at least 4 members (excludes halogenated alkanes) is 1. The van der Waals surface area contributed by atoms with Gasteiger partial charge in [-0.1, -0.05) is 13.3 Å². The highest BCUT2D eigenvalue weighted by Crippen LogP contribution is 2.05. The van der Waals surface area contributed by atoms with Crippen molar-refractivity contribution >= 4 is 51.1 Å². The Morgan fingerprint density at radius 1 is 1.26 bits per heavy atom. The van der Waals surface area contributed by atoms with Crippen molar-refractivity contribution in [2.24, 2.45) is 0 Å². The molecule has 19 heavy (non-hydrogen) atoms. The largest absolute Gasteiger partial charge is 0.343 e. The summed E-state index contributed by atoms with van der Waals surface area (Å²) in [7, 11) is 0. The maximum absolute atomic E-state index is 12.2. The second kappa shape index (κ2) is 8.23. The summed E-state index contributed by atoms with van der Waals surface area (Å²) in [5, 5.41) is 0. The van der Waals surface area contributed by atoms with Crippen molar-refractivity contribution in [1.29, 1.82) is 0 Å². The van der Waals surface area contributed by atoms with Crippen molar-refractivity contribution in [3.63, 3.8) is 0 Å². The molecule has 1 aromatic heterocycles. The molecule has 6 heteroatoms. The number of hydrogen-bond donors (Lipinski definition) is 0. The fraction of sp³-hybridized carbons (Fsp3) is 0.538. The van der Waals surface area contributed by atoms with Gasteiger partial charge in [-0.2, -0.15) is 0 Å². The Hall–Kier alpha value is -0.120. The maximum atomic E-state index is 12.2. The minimum absolute atomic E-state index is 0.0308. The van der Waals surface area contributed by atoms with E-state index in [2.05, 4.69) is 6.92 Å². The summed E-state index contributed by atoms with van der Waals surface area (Å²) in [6, 6.07) is 0. The molecule has 0 unspecified atom stereocenters. The fourth-order valence-corrected chi connectivity index (χ4v) is 3.53. The summed E-state index contributed by atoms with van der Waals surface area (Å²) in [4.78, 5) is 25.7. The number of pyridine rings is 1. The lowest BCUT2D eigenvalue weighted by Gasteiger charge is -2.21. The van der Waals surface area contributed by atoms with Crippen LogP contribution in [-0.2, 0) is 11.3 Å². The Bertz CT molecular complexity index is 474. The van der Waals surface area contributed by atoms with Gasteiger partial charge in [0.05, 0.1) is 7.14 Å². The van der Waals surface area contributed by atoms with E-state index in [0.717, 1.165) is 25.9 Å². The van der Waals surface area contributed by atoms with E-state index in [1.807, 2.05) is 57.0 Å². The van der Waals surface area contributed by atoms with Crippen LogP contribution in [-0.4, -0.2) is 28.5 Å². The second-order valence-electron chi connectivity index (χ2n) is 4.28. The van der Waals surface area contributed by atoms with E-state index in [1.165, 1.54) is 0 Å². The minimum Gasteiger partial charge on any atom is -0.343 e. The van der Waals surface area contributed by atoms with E-state index in [-0.39, 0.29) is 11.3 Å². The lowest BCUT2D eigenvalue weighted by Crippen LogP contribution is -2.34. The molecule has 0 aliphatic carbocycles. The number of rotatable bonds is 6. The molecule has 0 spiro atoms. The van der Waals surface area contributed by atoms with Crippen LogP contribution in [0.1, 0.15) is 26.7 Å². The van der Waals surface area contributed by atoms with Crippen LogP contribution in [0.4, 0.5) is 0 Å². The van der Waals surface area contributed by atoms with Gasteiger partial charge in [0.15, 0.2) is 0 Å². The molecule has 0 radical (unpaired) electrons. The summed E-state index contributed by atoms with van der Waals surface area (Å²) in [5.41, 5.74) is 0.0308. The van der Waals surface area contributed by atoms with Crippen molar-refractivity contribution in [2.75, 3.05) is 13.1 Å². The normalized spacial score (nSPS) is 10.5. The number of amides is 1. The third-order valence-electron chi connectivity index (χ3n) is 2.83. The van der Waals surface area contributed by atoms with Crippen molar-refractivity contribution < 1.29 is 4.79 Å². The monoisotopic (exact) mass is 488 g/mol. The molecule has 0 saturated carbocycles. The Morgan fingerprint density at radius 2 is 1.84 bits per heavy atom. The number of hydrogen-bond acceptors (Lipinski definition) is 2. The fourth-order valence-electron chi connectivity index (χ4n) is 1.72. The van der Waals surface area contributed by atoms with Gasteiger partial charge in [-0.3, -0.25) is 9.59 Å². The average molecular weight is 488 g/mol. The number of aromatic nitrogens is 1. The van der Waals surface area contributed by atoms with Crippen LogP contribution in [0.3, 0.4) is 0 Å². The molecule has 0 aliphatic heterocycles.